The molecule has 0 fully saturated rings. The van der Waals surface area contributed by atoms with Crippen LogP contribution in [0, 0.1) is 0 Å². The van der Waals surface area contributed by atoms with Crippen LogP contribution in [0.2, 0.25) is 0 Å². The number of aromatic nitrogens is 9. The van der Waals surface area contributed by atoms with Crippen molar-refractivity contribution >= 4 is 104 Å². The van der Waals surface area contributed by atoms with Crippen LogP contribution in [0.3, 0.4) is 0 Å². The summed E-state index contributed by atoms with van der Waals surface area (Å²) in [5, 5.41) is 45.6. The SMILES string of the molecule is CCC(=O)NCCc1c[nH]c2ccc(O)cc12.CCCNCCc1c[nH]c2ccc(O)cc12.CCCc1c[nH]c2ccc(O)cc12.CCCc1c[nH]c2ccc(OCC)cc12.CCCc1c[nH]c2ccc(OCC)cc12.CCCc1c[nH]c2ccc(OCC)cc12.CCCc1c[nH]c2ccc(OCC)cc12.CCCc1c[nH]c2ccc(OCC)cc12.CCCc1c[nH]c2ccccc12. The fourth-order valence-corrected chi connectivity index (χ4v) is 16.4. The molecular weight excluding hydrogens is 1660 g/mol. The number of ether oxygens (including phenoxy) is 5. The minimum Gasteiger partial charge on any atom is -0.508 e. The van der Waals surface area contributed by atoms with Gasteiger partial charge in [-0.15, -0.1) is 0 Å². The summed E-state index contributed by atoms with van der Waals surface area (Å²) in [6.07, 6.45) is 38.0. The summed E-state index contributed by atoms with van der Waals surface area (Å²) in [6, 6.07) is 55.7. The minimum absolute atomic E-state index is 0.0627. The van der Waals surface area contributed by atoms with Crippen LogP contribution in [0.4, 0.5) is 0 Å². The monoisotopic (exact) mass is 1800 g/mol. The van der Waals surface area contributed by atoms with E-state index >= 15 is 0 Å². The lowest BCUT2D eigenvalue weighted by Crippen LogP contribution is -2.24. The number of amides is 1. The predicted octanol–water partition coefficient (Wildman–Crippen LogP) is 27.9. The molecule has 14 N–H and O–H groups in total. The van der Waals surface area contributed by atoms with Gasteiger partial charge in [-0.2, -0.15) is 0 Å². The van der Waals surface area contributed by atoms with Crippen molar-refractivity contribution in [1.29, 1.82) is 0 Å². The second-order valence-electron chi connectivity index (χ2n) is 33.0. The predicted molar refractivity (Wildman–Crippen MR) is 557 cm³/mol. The zero-order chi connectivity index (χ0) is 94.6. The molecule has 9 aromatic carbocycles. The summed E-state index contributed by atoms with van der Waals surface area (Å²) >= 11 is 0. The average Bonchev–Trinajstić information content (AvgIpc) is 1.68. The number of H-pyrrole nitrogens is 9. The lowest BCUT2D eigenvalue weighted by atomic mass is 10.1. The normalized spacial score (nSPS) is 10.8. The van der Waals surface area contributed by atoms with E-state index in [1.165, 1.54) is 155 Å². The number of para-hydroxylation sites is 1. The van der Waals surface area contributed by atoms with Crippen LogP contribution in [-0.4, -0.2) is 119 Å². The third-order valence-electron chi connectivity index (χ3n) is 22.8. The second kappa shape index (κ2) is 54.5. The number of benzene rings is 9. The number of rotatable bonds is 33. The summed E-state index contributed by atoms with van der Waals surface area (Å²) < 4.78 is 27.5. The van der Waals surface area contributed by atoms with Gasteiger partial charge in [0.05, 0.1) is 33.0 Å². The molecule has 0 saturated heterocycles. The van der Waals surface area contributed by atoms with Crippen LogP contribution >= 0.6 is 0 Å². The van der Waals surface area contributed by atoms with E-state index in [0.29, 0.717) is 24.5 Å². The maximum absolute atomic E-state index is 11.1. The number of aryl methyl sites for hydroxylation is 7. The van der Waals surface area contributed by atoms with E-state index in [1.54, 1.807) is 24.3 Å². The number of aromatic hydroxyl groups is 3. The van der Waals surface area contributed by atoms with Gasteiger partial charge in [0.2, 0.25) is 5.91 Å². The molecular formula is C113H145N11O9. The van der Waals surface area contributed by atoms with Gasteiger partial charge < -0.3 is 94.5 Å². The smallest absolute Gasteiger partial charge is 0.219 e. The molecule has 133 heavy (non-hydrogen) atoms. The molecule has 0 bridgehead atoms. The van der Waals surface area contributed by atoms with Gasteiger partial charge >= 0.3 is 0 Å². The Bertz CT molecular complexity index is 5960. The Morgan fingerprint density at radius 3 is 0.699 bits per heavy atom. The Balaban J connectivity index is 0.000000155. The third-order valence-corrected chi connectivity index (χ3v) is 22.8. The zero-order valence-corrected chi connectivity index (χ0v) is 81.0. The zero-order valence-electron chi connectivity index (χ0n) is 81.0. The molecule has 0 aliphatic carbocycles. The highest BCUT2D eigenvalue weighted by Crippen LogP contribution is 2.33. The highest BCUT2D eigenvalue weighted by atomic mass is 16.5. The molecule has 0 unspecified atom stereocenters. The summed E-state index contributed by atoms with van der Waals surface area (Å²) in [5.74, 6) is 5.79. The highest BCUT2D eigenvalue weighted by molar-refractivity contribution is 5.91. The van der Waals surface area contributed by atoms with Gasteiger partial charge in [-0.3, -0.25) is 4.79 Å². The molecule has 1 amide bonds. The van der Waals surface area contributed by atoms with Gasteiger partial charge in [0.15, 0.2) is 0 Å². The minimum atomic E-state index is 0.0627. The number of carbonyl (C=O) groups is 1. The topological polar surface area (TPSA) is 290 Å². The Labute approximate surface area is 785 Å². The van der Waals surface area contributed by atoms with E-state index in [-0.39, 0.29) is 11.7 Å². The molecule has 18 aromatic rings. The van der Waals surface area contributed by atoms with Crippen LogP contribution < -0.4 is 34.3 Å². The highest BCUT2D eigenvalue weighted by Gasteiger charge is 2.13. The fourth-order valence-electron chi connectivity index (χ4n) is 16.4. The largest absolute Gasteiger partial charge is 0.508 e. The van der Waals surface area contributed by atoms with Crippen molar-refractivity contribution in [2.45, 2.75) is 213 Å². The first-order chi connectivity index (χ1) is 65.0. The molecule has 0 atom stereocenters. The number of phenolic OH excluding ortho intramolecular Hbond substituents is 3. The van der Waals surface area contributed by atoms with Crippen LogP contribution in [0.25, 0.3) is 98.1 Å². The van der Waals surface area contributed by atoms with Crippen LogP contribution in [-0.2, 0) is 62.6 Å². The molecule has 0 saturated carbocycles. The van der Waals surface area contributed by atoms with Crippen LogP contribution in [0.15, 0.2) is 226 Å². The van der Waals surface area contributed by atoms with Gasteiger partial charge in [-0.25, -0.2) is 0 Å². The molecule has 18 rings (SSSR count). The van der Waals surface area contributed by atoms with Crippen LogP contribution in [0.1, 0.15) is 205 Å². The van der Waals surface area contributed by atoms with Gasteiger partial charge in [-0.05, 0) is 314 Å². The molecule has 20 nitrogen and oxygen atoms in total. The Morgan fingerprint density at radius 1 is 0.241 bits per heavy atom. The van der Waals surface area contributed by atoms with Gasteiger partial charge in [0.1, 0.15) is 46.0 Å². The summed E-state index contributed by atoms with van der Waals surface area (Å²) in [7, 11) is 0. The summed E-state index contributed by atoms with van der Waals surface area (Å²) in [4.78, 5) is 40.4. The number of nitrogens with one attached hydrogen (secondary N) is 11. The first kappa shape index (κ1) is 102. The first-order valence-electron chi connectivity index (χ1n) is 48.5. The third kappa shape index (κ3) is 29.8. The quantitative estimate of drug-likeness (QED) is 0.0173. The molecule has 9 aromatic heterocycles. The van der Waals surface area contributed by atoms with Gasteiger partial charge in [-0.1, -0.05) is 125 Å². The van der Waals surface area contributed by atoms with E-state index < -0.39 is 0 Å². The maximum Gasteiger partial charge on any atom is 0.219 e. The molecule has 20 heteroatoms. The number of carbonyl (C=O) groups excluding carboxylic acids is 1. The van der Waals surface area contributed by atoms with Crippen molar-refractivity contribution in [3.05, 3.63) is 276 Å². The summed E-state index contributed by atoms with van der Waals surface area (Å²) in [5.41, 5.74) is 22.4. The van der Waals surface area contributed by atoms with Crippen molar-refractivity contribution in [3.8, 4) is 46.0 Å². The van der Waals surface area contributed by atoms with Crippen molar-refractivity contribution in [3.63, 3.8) is 0 Å². The Morgan fingerprint density at radius 2 is 0.459 bits per heavy atom. The van der Waals surface area contributed by atoms with Crippen molar-refractivity contribution in [2.75, 3.05) is 52.7 Å². The lowest BCUT2D eigenvalue weighted by molar-refractivity contribution is -0.120. The Hall–Kier alpha value is -13.3. The van der Waals surface area contributed by atoms with Crippen molar-refractivity contribution in [2.24, 2.45) is 0 Å². The average molecular weight is 1800 g/mol. The number of phenols is 3. The molecule has 0 aliphatic rings. The molecule has 0 spiro atoms. The second-order valence-corrected chi connectivity index (χ2v) is 33.0. The van der Waals surface area contributed by atoms with Crippen molar-refractivity contribution in [1.82, 2.24) is 55.5 Å². The van der Waals surface area contributed by atoms with Gasteiger partial charge in [0.25, 0.3) is 0 Å². The molecule has 0 radical (unpaired) electrons. The van der Waals surface area contributed by atoms with Gasteiger partial charge in [0, 0.05) is 167 Å². The van der Waals surface area contributed by atoms with Crippen molar-refractivity contribution < 1.29 is 43.8 Å². The van der Waals surface area contributed by atoms with E-state index in [2.05, 4.69) is 233 Å². The fraction of sp³-hybridized carbons (Fsp3) is 0.354. The molecule has 9 heterocycles. The Kier molecular flexibility index (Phi) is 41.7. The number of aromatic amines is 9. The first-order valence-corrected chi connectivity index (χ1v) is 48.5. The van der Waals surface area contributed by atoms with Crippen LogP contribution in [0.5, 0.6) is 46.0 Å². The van der Waals surface area contributed by atoms with E-state index in [4.69, 9.17) is 23.7 Å². The number of hydrogen-bond donors (Lipinski definition) is 14. The standard InChI is InChI=1S/C13H16N2O2.C13H18N2O.5C13H17NO.C11H13NO.C11H13N/c1-2-13(17)14-6-5-9-8-15-12-4-3-10(16)7-11(9)12;1-2-6-14-7-5-10-9-15-13-4-3-11(16)8-12(10)13;5*1-3-5-10-9-14-13-7-6-11(15-4-2)8-12(10)13;1-2-3-8-7-12-11-5-4-9(13)6-10(8)11;1-2-5-9-8-12-11-7-4-3-6-10(9)11/h3-4,7-8,15-16H,2,5-6H2,1H3,(H,14,17);3-4,8-9,14-16H,2,5-7H2,1H3;5*6-9,14H,3-5H2,1-2H3;4-7,12-13H,2-3H2,1H3;3-4,6-8,12H,2,5H2,1H3. The van der Waals surface area contributed by atoms with E-state index in [0.717, 1.165) is 177 Å². The maximum atomic E-state index is 11.1. The van der Waals surface area contributed by atoms with E-state index in [1.807, 2.05) is 121 Å². The number of hydrogen-bond acceptors (Lipinski definition) is 10. The lowest BCUT2D eigenvalue weighted by Gasteiger charge is -2.03. The number of fused-ring (bicyclic) bond motifs is 9. The molecule has 0 aliphatic heterocycles. The van der Waals surface area contributed by atoms with E-state index in [9.17, 15) is 20.1 Å². The molecule has 706 valence electrons. The summed E-state index contributed by atoms with van der Waals surface area (Å²) in [6.45, 7) is 35.7.